The molecule has 0 saturated heterocycles. The molecule has 2 aromatic rings. The third-order valence-corrected chi connectivity index (χ3v) is 1.93. The fourth-order valence-electron chi connectivity index (χ4n) is 1.19. The predicted molar refractivity (Wildman–Crippen MR) is 56.7 cm³/mol. The number of nitrogens with zero attached hydrogens (tertiary/aromatic N) is 4. The second-order valence-corrected chi connectivity index (χ2v) is 2.94. The molecular formula is C9H11N5O2. The fraction of sp³-hybridized carbons (Fsp3) is 0.222. The minimum Gasteiger partial charge on any atom is -0.481 e. The number of rotatable bonds is 3. The first-order chi connectivity index (χ1) is 7.74. The zero-order valence-electron chi connectivity index (χ0n) is 8.91. The quantitative estimate of drug-likeness (QED) is 0.799. The fourth-order valence-corrected chi connectivity index (χ4v) is 1.19. The van der Waals surface area contributed by atoms with E-state index in [1.165, 1.54) is 18.9 Å². The molecular weight excluding hydrogens is 210 g/mol. The molecule has 7 heteroatoms. The van der Waals surface area contributed by atoms with Gasteiger partial charge in [0, 0.05) is 12.3 Å². The van der Waals surface area contributed by atoms with E-state index in [0.717, 1.165) is 0 Å². The Hall–Kier alpha value is -2.31. The van der Waals surface area contributed by atoms with Gasteiger partial charge >= 0.3 is 0 Å². The molecule has 2 rings (SSSR count). The lowest BCUT2D eigenvalue weighted by atomic mass is 10.6. The van der Waals surface area contributed by atoms with Crippen molar-refractivity contribution < 1.29 is 9.47 Å². The number of ether oxygens (including phenoxy) is 2. The van der Waals surface area contributed by atoms with Crippen molar-refractivity contribution in [2.24, 2.45) is 0 Å². The summed E-state index contributed by atoms with van der Waals surface area (Å²) in [4.78, 5) is 8.15. The topological polar surface area (TPSA) is 88.1 Å². The van der Waals surface area contributed by atoms with Gasteiger partial charge in [0.1, 0.15) is 5.69 Å². The molecule has 2 N–H and O–H groups in total. The molecule has 0 saturated carbocycles. The van der Waals surface area contributed by atoms with E-state index in [1.54, 1.807) is 18.5 Å². The minimum atomic E-state index is 0.339. The van der Waals surface area contributed by atoms with Gasteiger partial charge in [-0.3, -0.25) is 0 Å². The SMILES string of the molecule is COc1ccnc(-n2cc(N)c(OC)n2)n1. The average molecular weight is 221 g/mol. The van der Waals surface area contributed by atoms with Crippen molar-refractivity contribution in [1.29, 1.82) is 0 Å². The maximum Gasteiger partial charge on any atom is 0.256 e. The zero-order valence-corrected chi connectivity index (χ0v) is 8.91. The Bertz CT molecular complexity index is 496. The first kappa shape index (κ1) is 10.2. The zero-order chi connectivity index (χ0) is 11.5. The van der Waals surface area contributed by atoms with Gasteiger partial charge in [-0.15, -0.1) is 5.10 Å². The molecule has 0 amide bonds. The van der Waals surface area contributed by atoms with Crippen LogP contribution in [0.1, 0.15) is 0 Å². The molecule has 16 heavy (non-hydrogen) atoms. The van der Waals surface area contributed by atoms with Crippen molar-refractivity contribution >= 4 is 5.69 Å². The van der Waals surface area contributed by atoms with Crippen LogP contribution in [0.25, 0.3) is 5.95 Å². The van der Waals surface area contributed by atoms with Crippen LogP contribution in [0.4, 0.5) is 5.69 Å². The molecule has 0 unspecified atom stereocenters. The molecule has 0 bridgehead atoms. The highest BCUT2D eigenvalue weighted by molar-refractivity contribution is 5.47. The van der Waals surface area contributed by atoms with Crippen LogP contribution in [-0.4, -0.2) is 34.0 Å². The molecule has 0 fully saturated rings. The Kier molecular flexibility index (Phi) is 2.59. The highest BCUT2D eigenvalue weighted by Gasteiger charge is 2.09. The van der Waals surface area contributed by atoms with Crippen LogP contribution in [0.3, 0.4) is 0 Å². The Balaban J connectivity index is 2.41. The van der Waals surface area contributed by atoms with Gasteiger partial charge in [0.15, 0.2) is 0 Å². The van der Waals surface area contributed by atoms with E-state index < -0.39 is 0 Å². The molecule has 2 heterocycles. The molecule has 0 aliphatic carbocycles. The summed E-state index contributed by atoms with van der Waals surface area (Å²) in [6.45, 7) is 0. The molecule has 0 aliphatic rings. The lowest BCUT2D eigenvalue weighted by molar-refractivity contribution is 0.390. The molecule has 7 nitrogen and oxygen atoms in total. The van der Waals surface area contributed by atoms with Crippen molar-refractivity contribution in [3.05, 3.63) is 18.5 Å². The number of hydrogen-bond donors (Lipinski definition) is 1. The van der Waals surface area contributed by atoms with Crippen molar-refractivity contribution in [2.75, 3.05) is 20.0 Å². The first-order valence-electron chi connectivity index (χ1n) is 4.51. The van der Waals surface area contributed by atoms with Gasteiger partial charge in [0.2, 0.25) is 5.88 Å². The summed E-state index contributed by atoms with van der Waals surface area (Å²) in [5.74, 6) is 1.17. The summed E-state index contributed by atoms with van der Waals surface area (Å²) in [5.41, 5.74) is 6.09. The van der Waals surface area contributed by atoms with Crippen molar-refractivity contribution in [3.8, 4) is 17.7 Å². The number of anilines is 1. The van der Waals surface area contributed by atoms with Crippen LogP contribution in [0.2, 0.25) is 0 Å². The van der Waals surface area contributed by atoms with Crippen molar-refractivity contribution in [1.82, 2.24) is 19.7 Å². The van der Waals surface area contributed by atoms with E-state index in [0.29, 0.717) is 23.4 Å². The Morgan fingerprint density at radius 2 is 2.12 bits per heavy atom. The van der Waals surface area contributed by atoms with E-state index in [2.05, 4.69) is 15.1 Å². The standard InChI is InChI=1S/C9H11N5O2/c1-15-7-3-4-11-9(12-7)14-5-6(10)8(13-14)16-2/h3-5H,10H2,1-2H3. The van der Waals surface area contributed by atoms with E-state index in [9.17, 15) is 0 Å². The van der Waals surface area contributed by atoms with Crippen LogP contribution >= 0.6 is 0 Å². The van der Waals surface area contributed by atoms with E-state index in [1.807, 2.05) is 0 Å². The number of hydrogen-bond acceptors (Lipinski definition) is 6. The molecule has 0 radical (unpaired) electrons. The summed E-state index contributed by atoms with van der Waals surface area (Å²) >= 11 is 0. The van der Waals surface area contributed by atoms with Crippen LogP contribution in [-0.2, 0) is 0 Å². The lowest BCUT2D eigenvalue weighted by Gasteiger charge is -2.01. The molecule has 84 valence electrons. The van der Waals surface area contributed by atoms with E-state index in [-0.39, 0.29) is 0 Å². The van der Waals surface area contributed by atoms with Gasteiger partial charge in [-0.25, -0.2) is 9.67 Å². The average Bonchev–Trinajstić information content (AvgIpc) is 2.71. The summed E-state index contributed by atoms with van der Waals surface area (Å²) in [7, 11) is 3.03. The summed E-state index contributed by atoms with van der Waals surface area (Å²) in [5, 5.41) is 4.06. The number of methoxy groups -OCH3 is 2. The lowest BCUT2D eigenvalue weighted by Crippen LogP contribution is -2.02. The van der Waals surface area contributed by atoms with Gasteiger partial charge < -0.3 is 15.2 Å². The minimum absolute atomic E-state index is 0.339. The highest BCUT2D eigenvalue weighted by atomic mass is 16.5. The molecule has 2 aromatic heterocycles. The van der Waals surface area contributed by atoms with Gasteiger partial charge in [0.05, 0.1) is 20.4 Å². The predicted octanol–water partition coefficient (Wildman–Crippen LogP) is 0.262. The summed E-state index contributed by atoms with van der Waals surface area (Å²) < 4.78 is 11.4. The van der Waals surface area contributed by atoms with Gasteiger partial charge in [-0.1, -0.05) is 0 Å². The Labute approximate surface area is 91.8 Å². The first-order valence-corrected chi connectivity index (χ1v) is 4.51. The third-order valence-electron chi connectivity index (χ3n) is 1.93. The number of aromatic nitrogens is 4. The maximum atomic E-state index is 5.66. The van der Waals surface area contributed by atoms with Crippen LogP contribution in [0, 0.1) is 0 Å². The third kappa shape index (κ3) is 1.74. The molecule has 0 atom stereocenters. The normalized spacial score (nSPS) is 10.1. The molecule has 0 aliphatic heterocycles. The maximum absolute atomic E-state index is 5.66. The second-order valence-electron chi connectivity index (χ2n) is 2.94. The molecule has 0 spiro atoms. The smallest absolute Gasteiger partial charge is 0.256 e. The van der Waals surface area contributed by atoms with Crippen LogP contribution < -0.4 is 15.2 Å². The van der Waals surface area contributed by atoms with Crippen LogP contribution in [0.5, 0.6) is 11.8 Å². The van der Waals surface area contributed by atoms with E-state index >= 15 is 0 Å². The van der Waals surface area contributed by atoms with E-state index in [4.69, 9.17) is 15.2 Å². The Morgan fingerprint density at radius 1 is 1.31 bits per heavy atom. The van der Waals surface area contributed by atoms with Crippen molar-refractivity contribution in [2.45, 2.75) is 0 Å². The largest absolute Gasteiger partial charge is 0.481 e. The number of nitrogen functional groups attached to an aromatic ring is 1. The summed E-state index contributed by atoms with van der Waals surface area (Å²) in [6, 6.07) is 1.65. The van der Waals surface area contributed by atoms with Crippen molar-refractivity contribution in [3.63, 3.8) is 0 Å². The van der Waals surface area contributed by atoms with Gasteiger partial charge in [-0.2, -0.15) is 4.98 Å². The molecule has 0 aromatic carbocycles. The monoisotopic (exact) mass is 221 g/mol. The number of nitrogens with two attached hydrogens (primary N) is 1. The van der Waals surface area contributed by atoms with Gasteiger partial charge in [-0.05, 0) is 0 Å². The summed E-state index contributed by atoms with van der Waals surface area (Å²) in [6.07, 6.45) is 3.15. The second kappa shape index (κ2) is 4.05. The van der Waals surface area contributed by atoms with Gasteiger partial charge in [0.25, 0.3) is 11.8 Å². The van der Waals surface area contributed by atoms with Crippen LogP contribution in [0.15, 0.2) is 18.5 Å². The Morgan fingerprint density at radius 3 is 2.75 bits per heavy atom. The highest BCUT2D eigenvalue weighted by Crippen LogP contribution is 2.19.